The molecule has 0 unspecified atom stereocenters. The Hall–Kier alpha value is -3.26. The van der Waals surface area contributed by atoms with Crippen LogP contribution in [0.5, 0.6) is 0 Å². The van der Waals surface area contributed by atoms with E-state index in [0.29, 0.717) is 32.4 Å². The van der Waals surface area contributed by atoms with Crippen molar-refractivity contribution in [1.82, 2.24) is 26.2 Å². The average molecular weight is 527 g/mol. The van der Waals surface area contributed by atoms with Crippen LogP contribution in [0.2, 0.25) is 0 Å². The maximum atomic E-state index is 13.5. The van der Waals surface area contributed by atoms with Crippen molar-refractivity contribution in [2.75, 3.05) is 26.2 Å². The van der Waals surface area contributed by atoms with Crippen LogP contribution in [0, 0.1) is 0 Å². The Bertz CT molecular complexity index is 845. The molecule has 0 aromatic heterocycles. The third-order valence-electron chi connectivity index (χ3n) is 5.91. The van der Waals surface area contributed by atoms with Gasteiger partial charge in [0.15, 0.2) is 11.7 Å². The number of aliphatic imine (C=N–C) groups is 1. The first-order chi connectivity index (χ1) is 17.4. The summed E-state index contributed by atoms with van der Waals surface area (Å²) in [5.41, 5.74) is 10.7. The van der Waals surface area contributed by atoms with E-state index < -0.39 is 53.9 Å². The number of carbonyl (C=O) groups is 5. The number of guanidine groups is 1. The maximum Gasteiger partial charge on any atom is 0.245 e. The van der Waals surface area contributed by atoms with Gasteiger partial charge < -0.3 is 42.7 Å². The molecular weight excluding hydrogens is 484 g/mol. The van der Waals surface area contributed by atoms with E-state index in [4.69, 9.17) is 11.5 Å². The molecule has 5 atom stereocenters. The summed E-state index contributed by atoms with van der Waals surface area (Å²) >= 11 is 0. The van der Waals surface area contributed by atoms with Crippen molar-refractivity contribution in [1.29, 1.82) is 0 Å². The molecule has 14 nitrogen and oxygen atoms in total. The van der Waals surface area contributed by atoms with E-state index in [-0.39, 0.29) is 31.3 Å². The van der Waals surface area contributed by atoms with Crippen molar-refractivity contribution in [3.63, 3.8) is 0 Å². The van der Waals surface area contributed by atoms with E-state index in [1.807, 2.05) is 6.92 Å². The molecule has 0 aliphatic carbocycles. The van der Waals surface area contributed by atoms with Crippen molar-refractivity contribution in [3.05, 3.63) is 0 Å². The summed E-state index contributed by atoms with van der Waals surface area (Å²) in [6, 6.07) is -3.87. The molecule has 210 valence electrons. The molecular formula is C23H42N8O6. The van der Waals surface area contributed by atoms with E-state index in [1.165, 1.54) is 18.7 Å². The molecule has 1 fully saturated rings. The summed E-state index contributed by atoms with van der Waals surface area (Å²) in [5.74, 6) is -2.50. The number of nitrogens with zero attached hydrogens (tertiary/aromatic N) is 2. The summed E-state index contributed by atoms with van der Waals surface area (Å²) in [5, 5.41) is 20.5. The van der Waals surface area contributed by atoms with Crippen molar-refractivity contribution < 1.29 is 29.1 Å². The highest BCUT2D eigenvalue weighted by Crippen LogP contribution is 2.20. The van der Waals surface area contributed by atoms with Gasteiger partial charge in [-0.2, -0.15) is 0 Å². The molecule has 9 N–H and O–H groups in total. The maximum absolute atomic E-state index is 13.5. The third-order valence-corrected chi connectivity index (χ3v) is 5.91. The number of aliphatic hydroxyl groups is 1. The fourth-order valence-corrected chi connectivity index (χ4v) is 3.94. The van der Waals surface area contributed by atoms with Crippen LogP contribution >= 0.6 is 0 Å². The van der Waals surface area contributed by atoms with Crippen LogP contribution in [-0.4, -0.2) is 102 Å². The predicted molar refractivity (Wildman–Crippen MR) is 137 cm³/mol. The number of carbonyl (C=O) groups excluding carboxylic acids is 5. The monoisotopic (exact) mass is 526 g/mol. The van der Waals surface area contributed by atoms with Gasteiger partial charge in [0.2, 0.25) is 23.6 Å². The van der Waals surface area contributed by atoms with Crippen LogP contribution in [0.25, 0.3) is 0 Å². The molecule has 1 rings (SSSR count). The third kappa shape index (κ3) is 10.7. The second kappa shape index (κ2) is 15.8. The quantitative estimate of drug-likeness (QED) is 0.0659. The van der Waals surface area contributed by atoms with E-state index in [1.54, 1.807) is 6.92 Å². The fraction of sp³-hybridized carbons (Fsp3) is 0.739. The normalized spacial score (nSPS) is 18.2. The van der Waals surface area contributed by atoms with Gasteiger partial charge in [-0.3, -0.25) is 29.0 Å². The van der Waals surface area contributed by atoms with Crippen molar-refractivity contribution in [3.8, 4) is 0 Å². The number of hydrogen-bond acceptors (Lipinski definition) is 8. The van der Waals surface area contributed by atoms with Crippen LogP contribution in [0.3, 0.4) is 0 Å². The number of likely N-dealkylation sites (tertiary alicyclic amines) is 1. The zero-order chi connectivity index (χ0) is 28.1. The Balaban J connectivity index is 3.02. The van der Waals surface area contributed by atoms with Gasteiger partial charge in [0.05, 0.1) is 18.7 Å². The van der Waals surface area contributed by atoms with Crippen LogP contribution < -0.4 is 32.7 Å². The minimum atomic E-state index is -1.27. The second-order valence-corrected chi connectivity index (χ2v) is 9.10. The highest BCUT2D eigenvalue weighted by atomic mass is 16.3. The van der Waals surface area contributed by atoms with Gasteiger partial charge in [-0.25, -0.2) is 0 Å². The van der Waals surface area contributed by atoms with Crippen LogP contribution in [0.15, 0.2) is 4.99 Å². The molecule has 14 heteroatoms. The average Bonchev–Trinajstić information content (AvgIpc) is 3.31. The topological polar surface area (TPSA) is 221 Å². The van der Waals surface area contributed by atoms with Crippen molar-refractivity contribution in [2.24, 2.45) is 16.5 Å². The molecule has 37 heavy (non-hydrogen) atoms. The van der Waals surface area contributed by atoms with Crippen molar-refractivity contribution >= 4 is 35.4 Å². The fourth-order valence-electron chi connectivity index (χ4n) is 3.94. The lowest BCUT2D eigenvalue weighted by Crippen LogP contribution is -2.59. The van der Waals surface area contributed by atoms with E-state index in [0.717, 1.165) is 0 Å². The number of nitrogens with one attached hydrogen (secondary N) is 4. The molecule has 4 amide bonds. The highest BCUT2D eigenvalue weighted by Gasteiger charge is 2.39. The number of nitrogens with two attached hydrogens (primary N) is 2. The van der Waals surface area contributed by atoms with E-state index >= 15 is 0 Å². The molecule has 1 saturated heterocycles. The number of ketones is 1. The van der Waals surface area contributed by atoms with Crippen molar-refractivity contribution in [2.45, 2.75) is 83.6 Å². The first-order valence-electron chi connectivity index (χ1n) is 12.5. The minimum absolute atomic E-state index is 0.110. The summed E-state index contributed by atoms with van der Waals surface area (Å²) in [7, 11) is 0. The van der Waals surface area contributed by atoms with Gasteiger partial charge >= 0.3 is 0 Å². The summed E-state index contributed by atoms with van der Waals surface area (Å²) in [6.07, 6.45) is 0.251. The molecule has 0 radical (unpaired) electrons. The Morgan fingerprint density at radius 2 is 1.78 bits per heavy atom. The van der Waals surface area contributed by atoms with Gasteiger partial charge in [0.1, 0.15) is 18.1 Å². The molecule has 0 aromatic carbocycles. The van der Waals surface area contributed by atoms with Gasteiger partial charge in [-0.15, -0.1) is 0 Å². The number of amides is 4. The predicted octanol–water partition coefficient (Wildman–Crippen LogP) is -2.92. The number of rotatable bonds is 15. The van der Waals surface area contributed by atoms with Gasteiger partial charge in [0, 0.05) is 20.0 Å². The highest BCUT2D eigenvalue weighted by molar-refractivity contribution is 5.96. The lowest BCUT2D eigenvalue weighted by atomic mass is 10.1. The molecule has 0 spiro atoms. The number of aliphatic hydroxyl groups excluding tert-OH is 1. The number of hydrogen-bond donors (Lipinski definition) is 7. The molecule has 1 aliphatic rings. The van der Waals surface area contributed by atoms with Crippen LogP contribution in [-0.2, 0) is 24.0 Å². The SMILES string of the molecule is CCNCC(=O)[C@@H](C)NC(=O)[C@@H]1CCCN1C(=O)[C@H](CCCN=C(N)N)NC(=O)[C@@H](NC(C)=O)[C@@H](C)O. The van der Waals surface area contributed by atoms with E-state index in [9.17, 15) is 29.1 Å². The Morgan fingerprint density at radius 1 is 1.11 bits per heavy atom. The zero-order valence-corrected chi connectivity index (χ0v) is 22.1. The standard InChI is InChI=1S/C23H42N8O6/c1-5-26-12-18(34)13(2)28-20(35)17-9-7-11-31(17)22(37)16(8-6-10-27-23(24)25)30-21(36)19(14(3)32)29-15(4)33/h13-14,16-17,19,26,32H,5-12H2,1-4H3,(H,28,35)(H,29,33)(H,30,36)(H4,24,25,27)/t13-,14-,16+,17+,19+/m1/s1. The summed E-state index contributed by atoms with van der Waals surface area (Å²) in [6.45, 7) is 7.24. The Morgan fingerprint density at radius 3 is 2.35 bits per heavy atom. The summed E-state index contributed by atoms with van der Waals surface area (Å²) < 4.78 is 0. The number of Topliss-reactive ketones (excluding diaryl/α,β-unsaturated/α-hetero) is 1. The Labute approximate surface area is 217 Å². The minimum Gasteiger partial charge on any atom is -0.391 e. The van der Waals surface area contributed by atoms with Gasteiger partial charge in [0.25, 0.3) is 0 Å². The lowest BCUT2D eigenvalue weighted by Gasteiger charge is -2.30. The smallest absolute Gasteiger partial charge is 0.245 e. The zero-order valence-electron chi connectivity index (χ0n) is 22.1. The van der Waals surface area contributed by atoms with Gasteiger partial charge in [-0.1, -0.05) is 6.92 Å². The van der Waals surface area contributed by atoms with Gasteiger partial charge in [-0.05, 0) is 46.1 Å². The molecule has 0 saturated carbocycles. The number of likely N-dealkylation sites (N-methyl/N-ethyl adjacent to an activating group) is 1. The largest absolute Gasteiger partial charge is 0.391 e. The van der Waals surface area contributed by atoms with E-state index in [2.05, 4.69) is 26.3 Å². The second-order valence-electron chi connectivity index (χ2n) is 9.10. The first-order valence-corrected chi connectivity index (χ1v) is 12.5. The summed E-state index contributed by atoms with van der Waals surface area (Å²) in [4.78, 5) is 68.3. The molecule has 1 heterocycles. The Kier molecular flexibility index (Phi) is 13.5. The molecule has 1 aliphatic heterocycles. The molecule has 0 aromatic rings. The van der Waals surface area contributed by atoms with Crippen LogP contribution in [0.4, 0.5) is 0 Å². The van der Waals surface area contributed by atoms with Crippen LogP contribution in [0.1, 0.15) is 53.4 Å². The first kappa shape index (κ1) is 31.8. The molecule has 0 bridgehead atoms. The lowest BCUT2D eigenvalue weighted by molar-refractivity contribution is -0.142.